The van der Waals surface area contributed by atoms with Crippen LogP contribution in [-0.2, 0) is 6.42 Å². The van der Waals surface area contributed by atoms with Gasteiger partial charge in [-0.25, -0.2) is 0 Å². The number of benzene rings is 1. The molecule has 0 bridgehead atoms. The number of nitrogens with two attached hydrogens (primary N) is 1. The summed E-state index contributed by atoms with van der Waals surface area (Å²) in [7, 11) is 0. The lowest BCUT2D eigenvalue weighted by atomic mass is 10.0. The Morgan fingerprint density at radius 1 is 1.29 bits per heavy atom. The third kappa shape index (κ3) is 1.65. The average molecular weight is 214 g/mol. The van der Waals surface area contributed by atoms with Crippen LogP contribution in [0.1, 0.15) is 18.4 Å². The number of rotatable bonds is 2. The fourth-order valence-corrected chi connectivity index (χ4v) is 1.61. The minimum atomic E-state index is -0.256. The molecule has 0 aliphatic heterocycles. The summed E-state index contributed by atoms with van der Waals surface area (Å²) in [6.45, 7) is 0. The van der Waals surface area contributed by atoms with E-state index in [4.69, 9.17) is 17.3 Å². The first-order chi connectivity index (χ1) is 6.52. The summed E-state index contributed by atoms with van der Waals surface area (Å²) in [6, 6.07) is 3.27. The topological polar surface area (TPSA) is 66.5 Å². The van der Waals surface area contributed by atoms with Crippen LogP contribution < -0.4 is 5.73 Å². The quantitative estimate of drug-likeness (QED) is 0.657. The van der Waals surface area contributed by atoms with Gasteiger partial charge in [0.2, 0.25) is 0 Å². The zero-order valence-electron chi connectivity index (χ0n) is 7.63. The van der Waals surface area contributed by atoms with Crippen LogP contribution in [0.5, 0.6) is 11.5 Å². The zero-order chi connectivity index (χ0) is 10.3. The molecule has 1 aromatic rings. The molecule has 1 fully saturated rings. The molecule has 1 aromatic carbocycles. The summed E-state index contributed by atoms with van der Waals surface area (Å²) in [5, 5.41) is 19.1. The SMILES string of the molecule is NC1(Cc2ccc(Cl)c(O)c2O)CC1. The van der Waals surface area contributed by atoms with E-state index in [0.29, 0.717) is 12.0 Å². The largest absolute Gasteiger partial charge is 0.504 e. The van der Waals surface area contributed by atoms with Crippen molar-refractivity contribution in [2.24, 2.45) is 5.73 Å². The second-order valence-corrected chi connectivity index (χ2v) is 4.35. The molecule has 0 amide bonds. The molecular formula is C10H12ClNO2. The van der Waals surface area contributed by atoms with E-state index in [9.17, 15) is 10.2 Å². The first-order valence-electron chi connectivity index (χ1n) is 4.50. The van der Waals surface area contributed by atoms with Gasteiger partial charge in [0.05, 0.1) is 5.02 Å². The highest BCUT2D eigenvalue weighted by molar-refractivity contribution is 6.32. The second-order valence-electron chi connectivity index (χ2n) is 3.94. The van der Waals surface area contributed by atoms with E-state index in [0.717, 1.165) is 12.8 Å². The van der Waals surface area contributed by atoms with Crippen molar-refractivity contribution in [3.05, 3.63) is 22.7 Å². The normalized spacial score (nSPS) is 18.1. The van der Waals surface area contributed by atoms with Crippen LogP contribution in [0, 0.1) is 0 Å². The van der Waals surface area contributed by atoms with Gasteiger partial charge in [-0.1, -0.05) is 17.7 Å². The third-order valence-corrected chi connectivity index (χ3v) is 2.93. The van der Waals surface area contributed by atoms with Gasteiger partial charge in [0.1, 0.15) is 0 Å². The Morgan fingerprint density at radius 3 is 2.50 bits per heavy atom. The predicted octanol–water partition coefficient (Wildman–Crippen LogP) is 1.78. The van der Waals surface area contributed by atoms with Crippen LogP contribution in [0.25, 0.3) is 0 Å². The van der Waals surface area contributed by atoms with E-state index in [1.807, 2.05) is 0 Å². The fraction of sp³-hybridized carbons (Fsp3) is 0.400. The van der Waals surface area contributed by atoms with E-state index in [1.54, 1.807) is 12.1 Å². The lowest BCUT2D eigenvalue weighted by molar-refractivity contribution is 0.397. The summed E-state index contributed by atoms with van der Waals surface area (Å²) in [6.07, 6.45) is 2.52. The molecule has 0 saturated heterocycles. The Balaban J connectivity index is 2.30. The van der Waals surface area contributed by atoms with Crippen LogP contribution in [0.4, 0.5) is 0 Å². The maximum absolute atomic E-state index is 9.58. The number of aromatic hydroxyl groups is 2. The number of halogens is 1. The van der Waals surface area contributed by atoms with E-state index < -0.39 is 0 Å². The van der Waals surface area contributed by atoms with Crippen LogP contribution >= 0.6 is 11.6 Å². The molecule has 1 aliphatic carbocycles. The Kier molecular flexibility index (Phi) is 2.09. The molecule has 76 valence electrons. The van der Waals surface area contributed by atoms with Crippen molar-refractivity contribution < 1.29 is 10.2 Å². The summed E-state index contributed by atoms with van der Waals surface area (Å²) in [4.78, 5) is 0. The van der Waals surface area contributed by atoms with Crippen molar-refractivity contribution >= 4 is 11.6 Å². The summed E-state index contributed by atoms with van der Waals surface area (Å²) >= 11 is 5.63. The number of hydrogen-bond acceptors (Lipinski definition) is 3. The third-order valence-electron chi connectivity index (χ3n) is 2.62. The maximum atomic E-state index is 9.58. The maximum Gasteiger partial charge on any atom is 0.176 e. The van der Waals surface area contributed by atoms with Crippen molar-refractivity contribution in [1.82, 2.24) is 0 Å². The summed E-state index contributed by atoms with van der Waals surface area (Å²) in [5.74, 6) is -0.400. The van der Waals surface area contributed by atoms with Gasteiger partial charge in [-0.05, 0) is 30.9 Å². The molecule has 0 heterocycles. The van der Waals surface area contributed by atoms with E-state index >= 15 is 0 Å². The first-order valence-corrected chi connectivity index (χ1v) is 4.88. The Hall–Kier alpha value is -0.930. The Morgan fingerprint density at radius 2 is 1.93 bits per heavy atom. The van der Waals surface area contributed by atoms with Crippen molar-refractivity contribution in [3.8, 4) is 11.5 Å². The lowest BCUT2D eigenvalue weighted by Gasteiger charge is -2.11. The van der Waals surface area contributed by atoms with Gasteiger partial charge in [-0.2, -0.15) is 0 Å². The summed E-state index contributed by atoms with van der Waals surface area (Å²) < 4.78 is 0. The number of hydrogen-bond donors (Lipinski definition) is 3. The van der Waals surface area contributed by atoms with E-state index in [2.05, 4.69) is 0 Å². The van der Waals surface area contributed by atoms with Gasteiger partial charge in [0.15, 0.2) is 11.5 Å². The van der Waals surface area contributed by atoms with Crippen molar-refractivity contribution in [2.75, 3.05) is 0 Å². The minimum absolute atomic E-state index is 0.144. The second kappa shape index (κ2) is 3.04. The van der Waals surface area contributed by atoms with Gasteiger partial charge in [0, 0.05) is 5.54 Å². The van der Waals surface area contributed by atoms with Crippen LogP contribution in [0.15, 0.2) is 12.1 Å². The highest BCUT2D eigenvalue weighted by Gasteiger charge is 2.38. The molecule has 4 heteroatoms. The average Bonchev–Trinajstić information content (AvgIpc) is 2.86. The van der Waals surface area contributed by atoms with E-state index in [1.165, 1.54) is 0 Å². The molecule has 0 spiro atoms. The smallest absolute Gasteiger partial charge is 0.176 e. The van der Waals surface area contributed by atoms with Crippen molar-refractivity contribution in [1.29, 1.82) is 0 Å². The standard InChI is InChI=1S/C10H12ClNO2/c11-7-2-1-6(8(13)9(7)14)5-10(12)3-4-10/h1-2,13-14H,3-5,12H2. The zero-order valence-corrected chi connectivity index (χ0v) is 8.38. The fourth-order valence-electron chi connectivity index (χ4n) is 1.46. The molecular weight excluding hydrogens is 202 g/mol. The Bertz CT molecular complexity index is 375. The molecule has 0 aromatic heterocycles. The minimum Gasteiger partial charge on any atom is -0.504 e. The van der Waals surface area contributed by atoms with Crippen LogP contribution in [0.3, 0.4) is 0 Å². The van der Waals surface area contributed by atoms with Gasteiger partial charge in [-0.15, -0.1) is 0 Å². The highest BCUT2D eigenvalue weighted by Crippen LogP contribution is 2.41. The van der Waals surface area contributed by atoms with Crippen LogP contribution in [-0.4, -0.2) is 15.8 Å². The lowest BCUT2D eigenvalue weighted by Crippen LogP contribution is -2.24. The van der Waals surface area contributed by atoms with Gasteiger partial charge < -0.3 is 15.9 Å². The van der Waals surface area contributed by atoms with E-state index in [-0.39, 0.29) is 22.1 Å². The molecule has 4 N–H and O–H groups in total. The molecule has 14 heavy (non-hydrogen) atoms. The van der Waals surface area contributed by atoms with Crippen molar-refractivity contribution in [2.45, 2.75) is 24.8 Å². The molecule has 0 atom stereocenters. The van der Waals surface area contributed by atoms with Gasteiger partial charge in [0.25, 0.3) is 0 Å². The van der Waals surface area contributed by atoms with Gasteiger partial charge >= 0.3 is 0 Å². The molecule has 1 aliphatic rings. The molecule has 0 unspecified atom stereocenters. The van der Waals surface area contributed by atoms with Crippen molar-refractivity contribution in [3.63, 3.8) is 0 Å². The summed E-state index contributed by atoms with van der Waals surface area (Å²) in [5.41, 5.74) is 6.39. The molecule has 3 nitrogen and oxygen atoms in total. The van der Waals surface area contributed by atoms with Gasteiger partial charge in [-0.3, -0.25) is 0 Å². The molecule has 2 rings (SSSR count). The molecule has 1 saturated carbocycles. The first kappa shape index (κ1) is 9.62. The monoisotopic (exact) mass is 213 g/mol. The number of phenolic OH excluding ortho intramolecular Hbond substituents is 2. The highest BCUT2D eigenvalue weighted by atomic mass is 35.5. The van der Waals surface area contributed by atoms with Crippen LogP contribution in [0.2, 0.25) is 5.02 Å². The number of phenols is 2. The molecule has 0 radical (unpaired) electrons. The Labute approximate surface area is 87.1 Å². The predicted molar refractivity (Wildman–Crippen MR) is 54.6 cm³/mol.